The minimum atomic E-state index is -0.403. The molecule has 4 nitrogen and oxygen atoms in total. The molecule has 3 N–H and O–H groups in total. The highest BCUT2D eigenvalue weighted by Gasteiger charge is 2.43. The van der Waals surface area contributed by atoms with Gasteiger partial charge < -0.3 is 11.1 Å². The second-order valence-corrected chi connectivity index (χ2v) is 8.80. The van der Waals surface area contributed by atoms with Gasteiger partial charge in [-0.2, -0.15) is 0 Å². The van der Waals surface area contributed by atoms with Gasteiger partial charge >= 0.3 is 0 Å². The SMILES string of the molecule is C[C@@H]1CCc2c(sc(NC(=O)[C@@H]3C[C@@H]4CC[C@@H]3C4)c2C(N)=O)C1. The Labute approximate surface area is 140 Å². The predicted molar refractivity (Wildman–Crippen MR) is 91.6 cm³/mol. The van der Waals surface area contributed by atoms with Crippen molar-refractivity contribution >= 4 is 28.2 Å². The molecule has 1 aromatic heterocycles. The molecule has 0 spiro atoms. The van der Waals surface area contributed by atoms with Gasteiger partial charge in [-0.05, 0) is 61.8 Å². The molecular weight excluding hydrogens is 308 g/mol. The summed E-state index contributed by atoms with van der Waals surface area (Å²) in [6.45, 7) is 2.24. The number of hydrogen-bond donors (Lipinski definition) is 2. The molecule has 2 saturated carbocycles. The van der Waals surface area contributed by atoms with Crippen molar-refractivity contribution in [3.8, 4) is 0 Å². The average Bonchev–Trinajstić information content (AvgIpc) is 3.18. The Morgan fingerprint density at radius 1 is 1.22 bits per heavy atom. The molecule has 0 aromatic carbocycles. The Morgan fingerprint density at radius 3 is 2.70 bits per heavy atom. The highest BCUT2D eigenvalue weighted by Crippen LogP contribution is 2.49. The summed E-state index contributed by atoms with van der Waals surface area (Å²) >= 11 is 1.57. The second-order valence-electron chi connectivity index (χ2n) is 7.69. The number of hydrogen-bond acceptors (Lipinski definition) is 3. The van der Waals surface area contributed by atoms with Crippen molar-refractivity contribution in [1.29, 1.82) is 0 Å². The second kappa shape index (κ2) is 5.62. The summed E-state index contributed by atoms with van der Waals surface area (Å²) in [5, 5.41) is 3.77. The van der Waals surface area contributed by atoms with E-state index in [9.17, 15) is 9.59 Å². The van der Waals surface area contributed by atoms with E-state index in [2.05, 4.69) is 12.2 Å². The van der Waals surface area contributed by atoms with E-state index in [1.165, 1.54) is 24.1 Å². The van der Waals surface area contributed by atoms with Crippen LogP contribution in [0.15, 0.2) is 0 Å². The Kier molecular flexibility index (Phi) is 3.71. The van der Waals surface area contributed by atoms with Gasteiger partial charge in [0.25, 0.3) is 5.91 Å². The first kappa shape index (κ1) is 15.2. The molecule has 3 aliphatic rings. The van der Waals surface area contributed by atoms with Crippen LogP contribution in [0.2, 0.25) is 0 Å². The zero-order valence-electron chi connectivity index (χ0n) is 13.6. The van der Waals surface area contributed by atoms with E-state index in [1.807, 2.05) is 0 Å². The summed E-state index contributed by atoms with van der Waals surface area (Å²) in [5.74, 6) is 1.76. The number of carbonyl (C=O) groups excluding carboxylic acids is 2. The Balaban J connectivity index is 1.59. The van der Waals surface area contributed by atoms with Crippen LogP contribution >= 0.6 is 11.3 Å². The highest BCUT2D eigenvalue weighted by molar-refractivity contribution is 7.17. The third-order valence-corrected chi connectivity index (χ3v) is 7.24. The molecule has 124 valence electrons. The predicted octanol–water partition coefficient (Wildman–Crippen LogP) is 3.35. The van der Waals surface area contributed by atoms with Crippen LogP contribution in [0.4, 0.5) is 5.00 Å². The van der Waals surface area contributed by atoms with Crippen LogP contribution in [-0.2, 0) is 17.6 Å². The Morgan fingerprint density at radius 2 is 2.04 bits per heavy atom. The fourth-order valence-electron chi connectivity index (χ4n) is 4.87. The van der Waals surface area contributed by atoms with Crippen LogP contribution in [0.25, 0.3) is 0 Å². The van der Waals surface area contributed by atoms with Gasteiger partial charge in [0.15, 0.2) is 0 Å². The summed E-state index contributed by atoms with van der Waals surface area (Å²) in [6.07, 6.45) is 7.67. The summed E-state index contributed by atoms with van der Waals surface area (Å²) in [7, 11) is 0. The van der Waals surface area contributed by atoms with Crippen LogP contribution in [0, 0.1) is 23.7 Å². The third-order valence-electron chi connectivity index (χ3n) is 6.07. The van der Waals surface area contributed by atoms with Crippen LogP contribution in [0.5, 0.6) is 0 Å². The van der Waals surface area contributed by atoms with Gasteiger partial charge in [-0.25, -0.2) is 0 Å². The quantitative estimate of drug-likeness (QED) is 0.891. The smallest absolute Gasteiger partial charge is 0.251 e. The van der Waals surface area contributed by atoms with Gasteiger partial charge in [-0.15, -0.1) is 11.3 Å². The van der Waals surface area contributed by atoms with E-state index in [0.717, 1.165) is 37.2 Å². The fraction of sp³-hybridized carbons (Fsp3) is 0.667. The molecule has 0 saturated heterocycles. The molecule has 2 fully saturated rings. The fourth-order valence-corrected chi connectivity index (χ4v) is 6.29. The lowest BCUT2D eigenvalue weighted by Gasteiger charge is -2.20. The Bertz CT molecular complexity index is 666. The molecule has 1 aromatic rings. The molecular formula is C18H24N2O2S. The molecule has 4 atom stereocenters. The number of thiophene rings is 1. The maximum atomic E-state index is 12.7. The van der Waals surface area contributed by atoms with Crippen molar-refractivity contribution in [2.45, 2.75) is 51.9 Å². The van der Waals surface area contributed by atoms with E-state index in [1.54, 1.807) is 11.3 Å². The van der Waals surface area contributed by atoms with E-state index in [4.69, 9.17) is 5.73 Å². The summed E-state index contributed by atoms with van der Waals surface area (Å²) in [5.41, 5.74) is 7.29. The molecule has 0 radical (unpaired) electrons. The van der Waals surface area contributed by atoms with E-state index >= 15 is 0 Å². The van der Waals surface area contributed by atoms with E-state index < -0.39 is 5.91 Å². The van der Waals surface area contributed by atoms with Gasteiger partial charge in [-0.3, -0.25) is 9.59 Å². The molecule has 0 unspecified atom stereocenters. The van der Waals surface area contributed by atoms with Gasteiger partial charge in [0.2, 0.25) is 5.91 Å². The number of fused-ring (bicyclic) bond motifs is 3. The largest absolute Gasteiger partial charge is 0.365 e. The standard InChI is InChI=1S/C18H24N2O2S/c1-9-2-5-12-14(6-9)23-18(15(12)16(19)21)20-17(22)13-8-10-3-4-11(13)7-10/h9-11,13H,2-8H2,1H3,(H2,19,21)(H,20,22)/t9-,10-,11-,13-/m1/s1. The molecule has 5 heteroatoms. The van der Waals surface area contributed by atoms with Crippen molar-refractivity contribution in [2.75, 3.05) is 5.32 Å². The van der Waals surface area contributed by atoms with Crippen LogP contribution < -0.4 is 11.1 Å². The van der Waals surface area contributed by atoms with Gasteiger partial charge in [0.05, 0.1) is 5.56 Å². The molecule has 4 rings (SSSR count). The topological polar surface area (TPSA) is 72.2 Å². The lowest BCUT2D eigenvalue weighted by molar-refractivity contribution is -0.121. The number of carbonyl (C=O) groups is 2. The lowest BCUT2D eigenvalue weighted by atomic mass is 9.87. The minimum Gasteiger partial charge on any atom is -0.365 e. The number of rotatable bonds is 3. The Hall–Kier alpha value is -1.36. The average molecular weight is 332 g/mol. The number of nitrogens with two attached hydrogens (primary N) is 1. The maximum Gasteiger partial charge on any atom is 0.251 e. The van der Waals surface area contributed by atoms with Crippen molar-refractivity contribution in [1.82, 2.24) is 0 Å². The summed E-state index contributed by atoms with van der Waals surface area (Å²) < 4.78 is 0. The van der Waals surface area contributed by atoms with Crippen LogP contribution in [-0.4, -0.2) is 11.8 Å². The highest BCUT2D eigenvalue weighted by atomic mass is 32.1. The van der Waals surface area contributed by atoms with Gasteiger partial charge in [0.1, 0.15) is 5.00 Å². The molecule has 0 aliphatic heterocycles. The molecule has 3 aliphatic carbocycles. The number of amides is 2. The van der Waals surface area contributed by atoms with E-state index in [0.29, 0.717) is 22.4 Å². The minimum absolute atomic E-state index is 0.103. The van der Waals surface area contributed by atoms with Crippen molar-refractivity contribution in [3.05, 3.63) is 16.0 Å². The molecule has 2 amide bonds. The van der Waals surface area contributed by atoms with Gasteiger partial charge in [-0.1, -0.05) is 13.3 Å². The molecule has 2 bridgehead atoms. The number of anilines is 1. The first-order valence-corrected chi connectivity index (χ1v) is 9.59. The van der Waals surface area contributed by atoms with Crippen LogP contribution in [0.1, 0.15) is 59.8 Å². The zero-order chi connectivity index (χ0) is 16.1. The summed E-state index contributed by atoms with van der Waals surface area (Å²) in [6, 6.07) is 0. The van der Waals surface area contributed by atoms with E-state index in [-0.39, 0.29) is 11.8 Å². The zero-order valence-corrected chi connectivity index (χ0v) is 14.4. The number of nitrogens with one attached hydrogen (secondary N) is 1. The lowest BCUT2D eigenvalue weighted by Crippen LogP contribution is -2.28. The van der Waals surface area contributed by atoms with Crippen molar-refractivity contribution in [3.63, 3.8) is 0 Å². The molecule has 1 heterocycles. The molecule has 23 heavy (non-hydrogen) atoms. The third kappa shape index (κ3) is 2.59. The number of primary amides is 1. The van der Waals surface area contributed by atoms with Crippen molar-refractivity contribution in [2.24, 2.45) is 29.4 Å². The van der Waals surface area contributed by atoms with Crippen LogP contribution in [0.3, 0.4) is 0 Å². The monoisotopic (exact) mass is 332 g/mol. The van der Waals surface area contributed by atoms with Crippen molar-refractivity contribution < 1.29 is 9.59 Å². The van der Waals surface area contributed by atoms with Gasteiger partial charge in [0, 0.05) is 10.8 Å². The maximum absolute atomic E-state index is 12.7. The first-order valence-electron chi connectivity index (χ1n) is 8.78. The first-order chi connectivity index (χ1) is 11.0. The normalized spacial score (nSPS) is 31.9. The summed E-state index contributed by atoms with van der Waals surface area (Å²) in [4.78, 5) is 25.9.